The van der Waals surface area contributed by atoms with Crippen molar-refractivity contribution in [1.82, 2.24) is 15.3 Å². The molecule has 1 rings (SSSR count). The van der Waals surface area contributed by atoms with Gasteiger partial charge in [0.2, 0.25) is 0 Å². The summed E-state index contributed by atoms with van der Waals surface area (Å²) in [7, 11) is 0. The van der Waals surface area contributed by atoms with Gasteiger partial charge in [-0.1, -0.05) is 0 Å². The number of thioether (sulfide) groups is 2. The Labute approximate surface area is 126 Å². The van der Waals surface area contributed by atoms with Crippen LogP contribution in [0.15, 0.2) is 16.9 Å². The van der Waals surface area contributed by atoms with Gasteiger partial charge in [-0.05, 0) is 13.2 Å². The lowest BCUT2D eigenvalue weighted by Gasteiger charge is -2.09. The average Bonchev–Trinajstić information content (AvgIpc) is 2.82. The molecular formula is C12H17N5OS2. The summed E-state index contributed by atoms with van der Waals surface area (Å²) < 4.78 is 0. The van der Waals surface area contributed by atoms with Gasteiger partial charge in [0.25, 0.3) is 5.91 Å². The van der Waals surface area contributed by atoms with Crippen LogP contribution in [0.3, 0.4) is 0 Å². The van der Waals surface area contributed by atoms with Crippen molar-refractivity contribution < 1.29 is 4.79 Å². The maximum absolute atomic E-state index is 11.1. The molecule has 0 radical (unpaired) electrons. The minimum atomic E-state index is -0.704. The van der Waals surface area contributed by atoms with Crippen LogP contribution in [0, 0.1) is 18.3 Å². The molecular weight excluding hydrogens is 294 g/mol. The van der Waals surface area contributed by atoms with Crippen LogP contribution < -0.4 is 11.1 Å². The van der Waals surface area contributed by atoms with E-state index in [-0.39, 0.29) is 5.57 Å². The van der Waals surface area contributed by atoms with Crippen molar-refractivity contribution in [3.63, 3.8) is 0 Å². The Morgan fingerprint density at radius 2 is 2.40 bits per heavy atom. The molecule has 0 aromatic carbocycles. The first-order valence-electron chi connectivity index (χ1n) is 5.88. The van der Waals surface area contributed by atoms with Crippen LogP contribution in [-0.2, 0) is 10.5 Å². The molecule has 6 nitrogen and oxygen atoms in total. The fraction of sp³-hybridized carbons (Fsp3) is 0.417. The van der Waals surface area contributed by atoms with E-state index in [0.717, 1.165) is 22.9 Å². The maximum Gasteiger partial charge on any atom is 0.262 e. The van der Waals surface area contributed by atoms with Crippen LogP contribution in [0.4, 0.5) is 0 Å². The Morgan fingerprint density at radius 1 is 1.65 bits per heavy atom. The summed E-state index contributed by atoms with van der Waals surface area (Å²) in [5, 5.41) is 12.5. The maximum atomic E-state index is 11.1. The molecule has 1 aromatic rings. The number of aromatic amines is 1. The van der Waals surface area contributed by atoms with Gasteiger partial charge in [0.1, 0.15) is 11.6 Å². The van der Waals surface area contributed by atoms with Gasteiger partial charge in [-0.25, -0.2) is 4.98 Å². The number of aryl methyl sites for hydroxylation is 1. The summed E-state index contributed by atoms with van der Waals surface area (Å²) in [6, 6.07) is 1.82. The lowest BCUT2D eigenvalue weighted by Crippen LogP contribution is -2.22. The third-order valence-corrected chi connectivity index (χ3v) is 4.22. The second-order valence-corrected chi connectivity index (χ2v) is 5.76. The predicted molar refractivity (Wildman–Crippen MR) is 82.8 cm³/mol. The van der Waals surface area contributed by atoms with Crippen molar-refractivity contribution in [2.24, 2.45) is 5.73 Å². The predicted octanol–water partition coefficient (Wildman–Crippen LogP) is 1.12. The molecule has 0 aliphatic carbocycles. The quantitative estimate of drug-likeness (QED) is 0.377. The first-order valence-corrected chi connectivity index (χ1v) is 8.26. The van der Waals surface area contributed by atoms with Gasteiger partial charge in [-0.15, -0.1) is 11.8 Å². The van der Waals surface area contributed by atoms with Crippen LogP contribution in [0.25, 0.3) is 0 Å². The molecule has 8 heteroatoms. The van der Waals surface area contributed by atoms with E-state index >= 15 is 0 Å². The van der Waals surface area contributed by atoms with Gasteiger partial charge in [0.15, 0.2) is 0 Å². The van der Waals surface area contributed by atoms with Crippen molar-refractivity contribution in [1.29, 1.82) is 5.26 Å². The normalized spacial score (nSPS) is 11.7. The molecule has 0 atom stereocenters. The number of amides is 1. The molecule has 0 aliphatic heterocycles. The van der Waals surface area contributed by atoms with Crippen molar-refractivity contribution in [3.8, 4) is 6.07 Å². The number of imidazole rings is 1. The zero-order valence-electron chi connectivity index (χ0n) is 11.4. The van der Waals surface area contributed by atoms with E-state index in [4.69, 9.17) is 11.0 Å². The molecule has 0 unspecified atom stereocenters. The summed E-state index contributed by atoms with van der Waals surface area (Å²) in [4.78, 5) is 18.3. The first kappa shape index (κ1) is 16.5. The summed E-state index contributed by atoms with van der Waals surface area (Å²) in [6.45, 7) is 2.64. The highest BCUT2D eigenvalue weighted by atomic mass is 32.2. The van der Waals surface area contributed by atoms with Gasteiger partial charge in [0.05, 0.1) is 17.1 Å². The minimum Gasteiger partial charge on any atom is -0.378 e. The number of nitrogens with zero attached hydrogens (tertiary/aromatic N) is 2. The fourth-order valence-corrected chi connectivity index (χ4v) is 2.89. The topological polar surface area (TPSA) is 108 Å². The number of primary amides is 1. The van der Waals surface area contributed by atoms with E-state index < -0.39 is 5.91 Å². The minimum absolute atomic E-state index is 0.0226. The van der Waals surface area contributed by atoms with E-state index in [1.54, 1.807) is 24.3 Å². The van der Waals surface area contributed by atoms with Crippen molar-refractivity contribution in [2.75, 3.05) is 18.6 Å². The number of aromatic nitrogens is 2. The van der Waals surface area contributed by atoms with Crippen molar-refractivity contribution in [3.05, 3.63) is 28.3 Å². The molecule has 20 heavy (non-hydrogen) atoms. The Bertz CT molecular complexity index is 532. The molecule has 0 saturated carbocycles. The van der Waals surface area contributed by atoms with E-state index in [1.807, 2.05) is 13.0 Å². The smallest absolute Gasteiger partial charge is 0.262 e. The van der Waals surface area contributed by atoms with Crippen LogP contribution in [0.2, 0.25) is 0 Å². The number of carbonyl (C=O) groups is 1. The van der Waals surface area contributed by atoms with Gasteiger partial charge >= 0.3 is 0 Å². The molecule has 0 aliphatic rings. The van der Waals surface area contributed by atoms with Crippen LogP contribution in [-0.4, -0.2) is 34.4 Å². The van der Waals surface area contributed by atoms with E-state index in [0.29, 0.717) is 11.6 Å². The molecule has 0 bridgehead atoms. The van der Waals surface area contributed by atoms with E-state index in [2.05, 4.69) is 15.3 Å². The van der Waals surface area contributed by atoms with Gasteiger partial charge < -0.3 is 16.0 Å². The van der Waals surface area contributed by atoms with E-state index in [9.17, 15) is 4.79 Å². The van der Waals surface area contributed by atoms with Crippen molar-refractivity contribution in [2.45, 2.75) is 12.7 Å². The van der Waals surface area contributed by atoms with Crippen molar-refractivity contribution >= 4 is 29.4 Å². The zero-order chi connectivity index (χ0) is 15.0. The number of nitrogens with one attached hydrogen (secondary N) is 2. The highest BCUT2D eigenvalue weighted by Gasteiger charge is 2.11. The third kappa shape index (κ3) is 4.83. The van der Waals surface area contributed by atoms with E-state index in [1.165, 1.54) is 11.8 Å². The largest absolute Gasteiger partial charge is 0.378 e. The SMILES string of the molecule is CS/C(NCCSCc1nc[nH]c1C)=C(/C#N)C(N)=O. The monoisotopic (exact) mass is 311 g/mol. The first-order chi connectivity index (χ1) is 9.60. The molecule has 1 amide bonds. The number of nitriles is 1. The Balaban J connectivity index is 2.38. The number of hydrogen-bond donors (Lipinski definition) is 3. The molecule has 1 aromatic heterocycles. The number of hydrogen-bond acceptors (Lipinski definition) is 6. The summed E-state index contributed by atoms with van der Waals surface area (Å²) >= 11 is 3.04. The standard InChI is InChI=1S/C12H17N5OS2/c1-8-10(17-7-16-8)6-20-4-3-15-12(19-2)9(5-13)11(14)18/h7,15H,3-4,6H2,1-2H3,(H2,14,18)(H,16,17)/b12-9-. The Morgan fingerprint density at radius 3 is 2.90 bits per heavy atom. The summed E-state index contributed by atoms with van der Waals surface area (Å²) in [5.41, 5.74) is 7.25. The number of rotatable bonds is 8. The second-order valence-electron chi connectivity index (χ2n) is 3.84. The van der Waals surface area contributed by atoms with Gasteiger partial charge in [-0.3, -0.25) is 4.79 Å². The summed E-state index contributed by atoms with van der Waals surface area (Å²) in [6.07, 6.45) is 3.48. The fourth-order valence-electron chi connectivity index (χ4n) is 1.42. The lowest BCUT2D eigenvalue weighted by molar-refractivity contribution is -0.114. The number of nitrogens with two attached hydrogens (primary N) is 1. The number of H-pyrrole nitrogens is 1. The average molecular weight is 311 g/mol. The van der Waals surface area contributed by atoms with Crippen LogP contribution in [0.1, 0.15) is 11.4 Å². The highest BCUT2D eigenvalue weighted by Crippen LogP contribution is 2.15. The molecule has 4 N–H and O–H groups in total. The van der Waals surface area contributed by atoms with Gasteiger partial charge in [-0.2, -0.15) is 17.0 Å². The molecule has 0 spiro atoms. The third-order valence-electron chi connectivity index (χ3n) is 2.49. The Hall–Kier alpha value is -1.59. The van der Waals surface area contributed by atoms with Crippen LogP contribution in [0.5, 0.6) is 0 Å². The Kier molecular flexibility index (Phi) is 7.04. The molecule has 1 heterocycles. The molecule has 0 saturated heterocycles. The number of carbonyl (C=O) groups excluding carboxylic acids is 1. The second kappa shape index (κ2) is 8.55. The lowest BCUT2D eigenvalue weighted by atomic mass is 10.3. The summed E-state index contributed by atoms with van der Waals surface area (Å²) in [5.74, 6) is 0.966. The molecule has 108 valence electrons. The van der Waals surface area contributed by atoms with Gasteiger partial charge in [0, 0.05) is 23.7 Å². The zero-order valence-corrected chi connectivity index (χ0v) is 13.0. The molecule has 0 fully saturated rings. The van der Waals surface area contributed by atoms with Crippen LogP contribution >= 0.6 is 23.5 Å². The highest BCUT2D eigenvalue weighted by molar-refractivity contribution is 8.02.